The zero-order chi connectivity index (χ0) is 22.0. The summed E-state index contributed by atoms with van der Waals surface area (Å²) in [7, 11) is 0. The van der Waals surface area contributed by atoms with Gasteiger partial charge in [0.1, 0.15) is 5.02 Å². The Morgan fingerprint density at radius 2 is 2.12 bits per heavy atom. The van der Waals surface area contributed by atoms with Crippen molar-refractivity contribution in [1.29, 1.82) is 0 Å². The van der Waals surface area contributed by atoms with Gasteiger partial charge in [0.15, 0.2) is 0 Å². The first kappa shape index (κ1) is 23.6. The Bertz CT molecular complexity index is 1240. The van der Waals surface area contributed by atoms with Crippen LogP contribution in [0.3, 0.4) is 0 Å². The normalized spacial score (nSPS) is 11.0. The number of fused-ring (bicyclic) bond motifs is 1. The third kappa shape index (κ3) is 5.03. The van der Waals surface area contributed by atoms with Gasteiger partial charge in [0.25, 0.3) is 5.89 Å². The molecule has 0 unspecified atom stereocenters. The number of nitrogens with zero attached hydrogens (tertiary/aromatic N) is 4. The average Bonchev–Trinajstić information content (AvgIpc) is 3.36. The van der Waals surface area contributed by atoms with Crippen LogP contribution >= 0.6 is 24.0 Å². The van der Waals surface area contributed by atoms with E-state index in [1.54, 1.807) is 12.3 Å². The summed E-state index contributed by atoms with van der Waals surface area (Å²) in [6.07, 6.45) is 4.17. The van der Waals surface area contributed by atoms with Crippen LogP contribution in [0.15, 0.2) is 47.2 Å². The minimum Gasteiger partial charge on any atom is -0.481 e. The fourth-order valence-corrected chi connectivity index (χ4v) is 3.53. The van der Waals surface area contributed by atoms with Gasteiger partial charge in [-0.2, -0.15) is 4.98 Å². The second kappa shape index (κ2) is 10.0. The van der Waals surface area contributed by atoms with Gasteiger partial charge in [0.2, 0.25) is 11.7 Å². The Morgan fingerprint density at radius 3 is 2.84 bits per heavy atom. The predicted octanol–water partition coefficient (Wildman–Crippen LogP) is 5.48. The summed E-state index contributed by atoms with van der Waals surface area (Å²) < 4.78 is 13.0. The molecular weight excluding hydrogens is 455 g/mol. The van der Waals surface area contributed by atoms with Crippen LogP contribution in [0.25, 0.3) is 33.7 Å². The van der Waals surface area contributed by atoms with Crippen LogP contribution in [0, 0.1) is 0 Å². The van der Waals surface area contributed by atoms with E-state index in [-0.39, 0.29) is 24.9 Å². The second-order valence-electron chi connectivity index (χ2n) is 7.35. The van der Waals surface area contributed by atoms with E-state index in [0.717, 1.165) is 16.5 Å². The van der Waals surface area contributed by atoms with Gasteiger partial charge in [-0.3, -0.25) is 4.79 Å². The average molecular weight is 477 g/mol. The molecule has 1 N–H and O–H groups in total. The number of carboxylic acid groups (broad SMARTS) is 1. The molecule has 0 fully saturated rings. The Morgan fingerprint density at radius 1 is 1.31 bits per heavy atom. The van der Waals surface area contributed by atoms with E-state index < -0.39 is 5.97 Å². The van der Waals surface area contributed by atoms with Crippen molar-refractivity contribution in [3.8, 4) is 28.7 Å². The van der Waals surface area contributed by atoms with E-state index in [2.05, 4.69) is 15.1 Å². The number of hydrogen-bond donors (Lipinski definition) is 1. The molecule has 0 saturated carbocycles. The molecule has 0 atom stereocenters. The topological polar surface area (TPSA) is 103 Å². The summed E-state index contributed by atoms with van der Waals surface area (Å²) in [5, 5.41) is 14.3. The summed E-state index contributed by atoms with van der Waals surface area (Å²) in [6, 6.07) is 9.47. The lowest BCUT2D eigenvalue weighted by atomic mass is 10.1. The fourth-order valence-electron chi connectivity index (χ4n) is 3.32. The highest BCUT2D eigenvalue weighted by Crippen LogP contribution is 2.31. The number of pyridine rings is 1. The molecule has 0 aliphatic heterocycles. The summed E-state index contributed by atoms with van der Waals surface area (Å²) in [4.78, 5) is 19.5. The van der Waals surface area contributed by atoms with Crippen molar-refractivity contribution >= 4 is 40.9 Å². The van der Waals surface area contributed by atoms with E-state index in [4.69, 9.17) is 26.0 Å². The van der Waals surface area contributed by atoms with Crippen LogP contribution in [-0.4, -0.2) is 36.9 Å². The third-order valence-electron chi connectivity index (χ3n) is 4.67. The number of aromatic nitrogens is 4. The molecule has 3 aromatic heterocycles. The number of carboxylic acids is 1. The number of benzene rings is 1. The van der Waals surface area contributed by atoms with Crippen molar-refractivity contribution in [2.75, 3.05) is 0 Å². The molecule has 0 aliphatic rings. The maximum absolute atomic E-state index is 10.8. The SMILES string of the molecule is CC(C)Oc1ncc(-c2nc(-c3cccc4c3ccn4CCCC(=O)O)no2)cc1Cl.Cl. The van der Waals surface area contributed by atoms with E-state index in [1.807, 2.05) is 48.9 Å². The molecule has 0 amide bonds. The Balaban J connectivity index is 0.00000289. The van der Waals surface area contributed by atoms with Gasteiger partial charge in [-0.25, -0.2) is 4.98 Å². The number of hydrogen-bond acceptors (Lipinski definition) is 6. The highest BCUT2D eigenvalue weighted by atomic mass is 35.5. The van der Waals surface area contributed by atoms with Crippen LogP contribution in [0.1, 0.15) is 26.7 Å². The Labute approximate surface area is 195 Å². The standard InChI is InChI=1S/C22H21ClN4O4.ClH/c1-13(2)30-22-17(23)11-14(12-24-22)21-25-20(26-31-21)16-5-3-6-18-15(16)8-10-27(18)9-4-7-19(28)29;/h3,5-6,8,10-13H,4,7,9H2,1-2H3,(H,28,29);1H. The lowest BCUT2D eigenvalue weighted by Crippen LogP contribution is -2.07. The lowest BCUT2D eigenvalue weighted by Gasteiger charge is -2.09. The van der Waals surface area contributed by atoms with Crippen molar-refractivity contribution in [3.05, 3.63) is 47.7 Å². The third-order valence-corrected chi connectivity index (χ3v) is 4.94. The first-order valence-corrected chi connectivity index (χ1v) is 10.3. The molecule has 1 aromatic carbocycles. The molecule has 0 radical (unpaired) electrons. The van der Waals surface area contributed by atoms with Crippen LogP contribution < -0.4 is 4.74 Å². The highest BCUT2D eigenvalue weighted by Gasteiger charge is 2.16. The molecular formula is C22H22Cl2N4O4. The largest absolute Gasteiger partial charge is 0.481 e. The smallest absolute Gasteiger partial charge is 0.303 e. The predicted molar refractivity (Wildman–Crippen MR) is 123 cm³/mol. The maximum Gasteiger partial charge on any atom is 0.303 e. The summed E-state index contributed by atoms with van der Waals surface area (Å²) >= 11 is 6.27. The van der Waals surface area contributed by atoms with Crippen molar-refractivity contribution in [2.24, 2.45) is 0 Å². The molecule has 4 aromatic rings. The number of carbonyl (C=O) groups is 1. The number of ether oxygens (including phenoxy) is 1. The molecule has 0 aliphatic carbocycles. The zero-order valence-electron chi connectivity index (χ0n) is 17.5. The second-order valence-corrected chi connectivity index (χ2v) is 7.75. The molecule has 8 nitrogen and oxygen atoms in total. The molecule has 10 heteroatoms. The lowest BCUT2D eigenvalue weighted by molar-refractivity contribution is -0.137. The monoisotopic (exact) mass is 476 g/mol. The van der Waals surface area contributed by atoms with Crippen molar-refractivity contribution < 1.29 is 19.2 Å². The van der Waals surface area contributed by atoms with Crippen molar-refractivity contribution in [1.82, 2.24) is 19.7 Å². The quantitative estimate of drug-likeness (QED) is 0.358. The van der Waals surface area contributed by atoms with Crippen LogP contribution in [0.2, 0.25) is 5.02 Å². The summed E-state index contributed by atoms with van der Waals surface area (Å²) in [5.41, 5.74) is 2.40. The van der Waals surface area contributed by atoms with E-state index in [0.29, 0.717) is 41.1 Å². The molecule has 4 rings (SSSR count). The number of halogens is 2. The van der Waals surface area contributed by atoms with E-state index >= 15 is 0 Å². The van der Waals surface area contributed by atoms with E-state index in [9.17, 15) is 4.79 Å². The summed E-state index contributed by atoms with van der Waals surface area (Å²) in [5.74, 6) is 0.310. The Kier molecular flexibility index (Phi) is 7.37. The van der Waals surface area contributed by atoms with Gasteiger partial charge in [-0.15, -0.1) is 12.4 Å². The highest BCUT2D eigenvalue weighted by molar-refractivity contribution is 6.32. The van der Waals surface area contributed by atoms with Crippen molar-refractivity contribution in [2.45, 2.75) is 39.3 Å². The first-order chi connectivity index (χ1) is 14.9. The first-order valence-electron chi connectivity index (χ1n) is 9.88. The zero-order valence-corrected chi connectivity index (χ0v) is 19.1. The number of aryl methyl sites for hydroxylation is 1. The molecule has 32 heavy (non-hydrogen) atoms. The van der Waals surface area contributed by atoms with Gasteiger partial charge < -0.3 is 18.9 Å². The van der Waals surface area contributed by atoms with Gasteiger partial charge in [-0.05, 0) is 38.5 Å². The number of rotatable bonds is 8. The van der Waals surface area contributed by atoms with Gasteiger partial charge in [0, 0.05) is 41.8 Å². The van der Waals surface area contributed by atoms with Crippen LogP contribution in [0.4, 0.5) is 0 Å². The molecule has 168 valence electrons. The van der Waals surface area contributed by atoms with Gasteiger partial charge >= 0.3 is 5.97 Å². The van der Waals surface area contributed by atoms with Gasteiger partial charge in [0.05, 0.1) is 11.7 Å². The van der Waals surface area contributed by atoms with Gasteiger partial charge in [-0.1, -0.05) is 28.9 Å². The minimum atomic E-state index is -0.796. The van der Waals surface area contributed by atoms with E-state index in [1.165, 1.54) is 0 Å². The molecule has 0 saturated heterocycles. The minimum absolute atomic E-state index is 0. The maximum atomic E-state index is 10.8. The molecule has 3 heterocycles. The molecule has 0 bridgehead atoms. The Hall–Kier alpha value is -3.10. The fraction of sp³-hybridized carbons (Fsp3) is 0.273. The molecule has 0 spiro atoms. The van der Waals surface area contributed by atoms with Crippen LogP contribution in [-0.2, 0) is 11.3 Å². The summed E-state index contributed by atoms with van der Waals surface area (Å²) in [6.45, 7) is 4.41. The van der Waals surface area contributed by atoms with Crippen molar-refractivity contribution in [3.63, 3.8) is 0 Å². The number of aliphatic carboxylic acids is 1. The van der Waals surface area contributed by atoms with Crippen LogP contribution in [0.5, 0.6) is 5.88 Å².